The number of amides is 1. The summed E-state index contributed by atoms with van der Waals surface area (Å²) in [5.41, 5.74) is 1.70. The van der Waals surface area contributed by atoms with E-state index in [0.717, 1.165) is 42.8 Å². The van der Waals surface area contributed by atoms with E-state index in [0.29, 0.717) is 25.5 Å². The van der Waals surface area contributed by atoms with Crippen molar-refractivity contribution in [3.05, 3.63) is 30.2 Å². The van der Waals surface area contributed by atoms with E-state index < -0.39 is 0 Å². The lowest BCUT2D eigenvalue weighted by Gasteiger charge is -2.37. The Labute approximate surface area is 135 Å². The van der Waals surface area contributed by atoms with E-state index in [-0.39, 0.29) is 12.0 Å². The van der Waals surface area contributed by atoms with Crippen LogP contribution in [-0.2, 0) is 16.0 Å². The summed E-state index contributed by atoms with van der Waals surface area (Å²) in [4.78, 5) is 19.0. The van der Waals surface area contributed by atoms with Gasteiger partial charge >= 0.3 is 0 Å². The average molecular weight is 314 g/mol. The molecular weight excluding hydrogens is 292 g/mol. The van der Waals surface area contributed by atoms with Gasteiger partial charge in [0.1, 0.15) is 5.52 Å². The zero-order chi connectivity index (χ0) is 15.6. The fourth-order valence-electron chi connectivity index (χ4n) is 3.80. The van der Waals surface area contributed by atoms with E-state index in [2.05, 4.69) is 4.98 Å². The maximum atomic E-state index is 12.5. The van der Waals surface area contributed by atoms with Gasteiger partial charge in [-0.25, -0.2) is 4.98 Å². The quantitative estimate of drug-likeness (QED) is 0.870. The standard InChI is InChI=1S/C18H22N2O3/c21-18(20-11-12-22-16-8-3-6-14(16)20)10-4-9-17-19-13-5-1-2-7-15(13)23-17/h1-2,5,7,14,16H,3-4,6,8-12H2. The Balaban J connectivity index is 1.32. The number of rotatable bonds is 4. The highest BCUT2D eigenvalue weighted by Gasteiger charge is 2.37. The molecular formula is C18H22N2O3. The minimum Gasteiger partial charge on any atom is -0.441 e. The van der Waals surface area contributed by atoms with Crippen LogP contribution in [0.2, 0.25) is 0 Å². The Bertz CT molecular complexity index is 663. The Morgan fingerprint density at radius 3 is 3.13 bits per heavy atom. The second-order valence-corrected chi connectivity index (χ2v) is 6.42. The highest BCUT2D eigenvalue weighted by Crippen LogP contribution is 2.30. The van der Waals surface area contributed by atoms with E-state index in [1.807, 2.05) is 29.2 Å². The van der Waals surface area contributed by atoms with Crippen molar-refractivity contribution in [3.8, 4) is 0 Å². The zero-order valence-corrected chi connectivity index (χ0v) is 13.2. The van der Waals surface area contributed by atoms with Crippen molar-refractivity contribution in [3.63, 3.8) is 0 Å². The third-order valence-electron chi connectivity index (χ3n) is 4.92. The Kier molecular flexibility index (Phi) is 4.04. The van der Waals surface area contributed by atoms with Crippen LogP contribution in [-0.4, -0.2) is 41.1 Å². The van der Waals surface area contributed by atoms with Gasteiger partial charge in [-0.05, 0) is 37.8 Å². The lowest BCUT2D eigenvalue weighted by atomic mass is 10.1. The number of oxazole rings is 1. The largest absolute Gasteiger partial charge is 0.441 e. The minimum atomic E-state index is 0.251. The van der Waals surface area contributed by atoms with Gasteiger partial charge < -0.3 is 14.1 Å². The van der Waals surface area contributed by atoms with E-state index in [1.165, 1.54) is 6.42 Å². The Hall–Kier alpha value is -1.88. The molecule has 1 aromatic carbocycles. The van der Waals surface area contributed by atoms with Crippen LogP contribution in [0.15, 0.2) is 28.7 Å². The number of hydrogen-bond donors (Lipinski definition) is 0. The van der Waals surface area contributed by atoms with E-state index in [4.69, 9.17) is 9.15 Å². The minimum absolute atomic E-state index is 0.251. The molecule has 2 fully saturated rings. The van der Waals surface area contributed by atoms with Crippen molar-refractivity contribution in [1.29, 1.82) is 0 Å². The van der Waals surface area contributed by atoms with Gasteiger partial charge in [0, 0.05) is 19.4 Å². The summed E-state index contributed by atoms with van der Waals surface area (Å²) in [5.74, 6) is 0.973. The summed E-state index contributed by atoms with van der Waals surface area (Å²) in [5, 5.41) is 0. The molecule has 4 rings (SSSR count). The van der Waals surface area contributed by atoms with Crippen LogP contribution in [0.4, 0.5) is 0 Å². The van der Waals surface area contributed by atoms with Gasteiger partial charge in [0.15, 0.2) is 11.5 Å². The molecule has 2 aliphatic rings. The lowest BCUT2D eigenvalue weighted by Crippen LogP contribution is -2.51. The first-order chi connectivity index (χ1) is 11.3. The fourth-order valence-corrected chi connectivity index (χ4v) is 3.80. The molecule has 1 aliphatic heterocycles. The van der Waals surface area contributed by atoms with Crippen LogP contribution < -0.4 is 0 Å². The molecule has 1 aliphatic carbocycles. The molecule has 5 heteroatoms. The van der Waals surface area contributed by atoms with Crippen molar-refractivity contribution >= 4 is 17.0 Å². The molecule has 1 amide bonds. The number of aromatic nitrogens is 1. The second kappa shape index (κ2) is 6.32. The maximum absolute atomic E-state index is 12.5. The molecule has 122 valence electrons. The predicted molar refractivity (Wildman–Crippen MR) is 86.0 cm³/mol. The van der Waals surface area contributed by atoms with Gasteiger partial charge in [0.05, 0.1) is 18.8 Å². The Morgan fingerprint density at radius 2 is 2.22 bits per heavy atom. The van der Waals surface area contributed by atoms with E-state index >= 15 is 0 Å². The van der Waals surface area contributed by atoms with Crippen LogP contribution in [0, 0.1) is 0 Å². The summed E-state index contributed by atoms with van der Waals surface area (Å²) in [7, 11) is 0. The van der Waals surface area contributed by atoms with Gasteiger partial charge in [0.25, 0.3) is 0 Å². The molecule has 0 radical (unpaired) electrons. The zero-order valence-electron chi connectivity index (χ0n) is 13.2. The molecule has 1 saturated carbocycles. The van der Waals surface area contributed by atoms with E-state index in [1.54, 1.807) is 0 Å². The van der Waals surface area contributed by atoms with Crippen molar-refractivity contribution in [2.24, 2.45) is 0 Å². The smallest absolute Gasteiger partial charge is 0.223 e. The van der Waals surface area contributed by atoms with Crippen LogP contribution in [0.25, 0.3) is 11.1 Å². The number of para-hydroxylation sites is 2. The van der Waals surface area contributed by atoms with Gasteiger partial charge in [-0.1, -0.05) is 12.1 Å². The number of benzene rings is 1. The van der Waals surface area contributed by atoms with Crippen LogP contribution in [0.5, 0.6) is 0 Å². The first kappa shape index (κ1) is 14.7. The number of carbonyl (C=O) groups excluding carboxylic acids is 1. The molecule has 23 heavy (non-hydrogen) atoms. The Morgan fingerprint density at radius 1 is 1.30 bits per heavy atom. The summed E-state index contributed by atoms with van der Waals surface area (Å²) in [6.07, 6.45) is 5.66. The number of nitrogens with zero attached hydrogens (tertiary/aromatic N) is 2. The summed E-state index contributed by atoms with van der Waals surface area (Å²) in [6, 6.07) is 8.07. The van der Waals surface area contributed by atoms with E-state index in [9.17, 15) is 4.79 Å². The summed E-state index contributed by atoms with van der Waals surface area (Å²) < 4.78 is 11.5. The van der Waals surface area contributed by atoms with Crippen molar-refractivity contribution in [2.75, 3.05) is 13.2 Å². The third kappa shape index (κ3) is 2.98. The fraction of sp³-hybridized carbons (Fsp3) is 0.556. The predicted octanol–water partition coefficient (Wildman–Crippen LogP) is 2.93. The molecule has 2 heterocycles. The first-order valence-electron chi connectivity index (χ1n) is 8.57. The molecule has 2 aromatic rings. The lowest BCUT2D eigenvalue weighted by molar-refractivity contribution is -0.144. The molecule has 0 bridgehead atoms. The topological polar surface area (TPSA) is 55.6 Å². The van der Waals surface area contributed by atoms with Crippen molar-refractivity contribution in [2.45, 2.75) is 50.7 Å². The van der Waals surface area contributed by atoms with Crippen molar-refractivity contribution in [1.82, 2.24) is 9.88 Å². The number of morpholine rings is 1. The molecule has 2 atom stereocenters. The number of hydrogen-bond acceptors (Lipinski definition) is 4. The summed E-state index contributed by atoms with van der Waals surface area (Å²) >= 11 is 0. The van der Waals surface area contributed by atoms with Gasteiger partial charge in [-0.2, -0.15) is 0 Å². The molecule has 1 saturated heterocycles. The molecule has 2 unspecified atom stereocenters. The number of ether oxygens (including phenoxy) is 1. The molecule has 5 nitrogen and oxygen atoms in total. The number of fused-ring (bicyclic) bond motifs is 2. The van der Waals surface area contributed by atoms with Crippen molar-refractivity contribution < 1.29 is 13.9 Å². The normalized spacial score (nSPS) is 24.1. The SMILES string of the molecule is O=C(CCCc1nc2ccccc2o1)N1CCOC2CCCC21. The third-order valence-corrected chi connectivity index (χ3v) is 4.92. The number of aryl methyl sites for hydroxylation is 1. The highest BCUT2D eigenvalue weighted by molar-refractivity contribution is 5.77. The molecule has 0 N–H and O–H groups in total. The first-order valence-corrected chi connectivity index (χ1v) is 8.57. The van der Waals surface area contributed by atoms with Gasteiger partial charge in [-0.15, -0.1) is 0 Å². The monoisotopic (exact) mass is 314 g/mol. The maximum Gasteiger partial charge on any atom is 0.223 e. The molecule has 0 spiro atoms. The number of carbonyl (C=O) groups is 1. The summed E-state index contributed by atoms with van der Waals surface area (Å²) in [6.45, 7) is 1.42. The van der Waals surface area contributed by atoms with Gasteiger partial charge in [0.2, 0.25) is 5.91 Å². The van der Waals surface area contributed by atoms with Crippen LogP contribution >= 0.6 is 0 Å². The second-order valence-electron chi connectivity index (χ2n) is 6.42. The van der Waals surface area contributed by atoms with Crippen LogP contribution in [0.3, 0.4) is 0 Å². The highest BCUT2D eigenvalue weighted by atomic mass is 16.5. The molecule has 1 aromatic heterocycles. The van der Waals surface area contributed by atoms with Crippen LogP contribution in [0.1, 0.15) is 38.0 Å². The average Bonchev–Trinajstić information content (AvgIpc) is 3.20. The van der Waals surface area contributed by atoms with Gasteiger partial charge in [-0.3, -0.25) is 4.79 Å².